The van der Waals surface area contributed by atoms with E-state index in [4.69, 9.17) is 5.73 Å². The van der Waals surface area contributed by atoms with E-state index >= 15 is 0 Å². The number of amides is 1. The van der Waals surface area contributed by atoms with Crippen molar-refractivity contribution in [3.8, 4) is 0 Å². The summed E-state index contributed by atoms with van der Waals surface area (Å²) in [6.07, 6.45) is 2.20. The van der Waals surface area contributed by atoms with E-state index in [2.05, 4.69) is 24.3 Å². The monoisotopic (exact) mass is 265 g/mol. The lowest BCUT2D eigenvalue weighted by atomic mass is 10.1. The standard InChI is InChI=1S/C13H23N5O/c1-8(2)12-11(14)13(18(4)16-12)17(3)7-10(19)15-9-5-6-9/h8-9H,5-7,14H2,1-4H3,(H,15,19). The zero-order chi connectivity index (χ0) is 14.2. The second kappa shape index (κ2) is 5.11. The molecule has 1 aliphatic rings. The number of likely N-dealkylation sites (N-methyl/N-ethyl adjacent to an activating group) is 1. The van der Waals surface area contributed by atoms with Crippen LogP contribution in [0.25, 0.3) is 0 Å². The minimum Gasteiger partial charge on any atom is -0.394 e. The Morgan fingerprint density at radius 1 is 1.58 bits per heavy atom. The molecule has 0 atom stereocenters. The normalized spacial score (nSPS) is 14.8. The molecular formula is C13H23N5O. The Hall–Kier alpha value is -1.72. The van der Waals surface area contributed by atoms with Crippen molar-refractivity contribution in [2.45, 2.75) is 38.6 Å². The van der Waals surface area contributed by atoms with Gasteiger partial charge in [0.15, 0.2) is 5.82 Å². The summed E-state index contributed by atoms with van der Waals surface area (Å²) in [4.78, 5) is 13.7. The number of nitrogens with zero attached hydrogens (tertiary/aromatic N) is 3. The molecule has 1 saturated carbocycles. The molecule has 0 spiro atoms. The van der Waals surface area contributed by atoms with E-state index in [1.165, 1.54) is 0 Å². The van der Waals surface area contributed by atoms with Crippen molar-refractivity contribution >= 4 is 17.4 Å². The number of nitrogens with two attached hydrogens (primary N) is 1. The third-order valence-corrected chi connectivity index (χ3v) is 3.31. The van der Waals surface area contributed by atoms with Crippen LogP contribution in [0.1, 0.15) is 38.3 Å². The number of nitrogens with one attached hydrogen (secondary N) is 1. The van der Waals surface area contributed by atoms with Gasteiger partial charge in [-0.3, -0.25) is 9.48 Å². The van der Waals surface area contributed by atoms with E-state index < -0.39 is 0 Å². The minimum absolute atomic E-state index is 0.0386. The van der Waals surface area contributed by atoms with Gasteiger partial charge in [-0.1, -0.05) is 13.8 Å². The average Bonchev–Trinajstić information content (AvgIpc) is 3.03. The van der Waals surface area contributed by atoms with Gasteiger partial charge >= 0.3 is 0 Å². The summed E-state index contributed by atoms with van der Waals surface area (Å²) in [7, 11) is 3.72. The van der Waals surface area contributed by atoms with Crippen LogP contribution < -0.4 is 16.0 Å². The molecule has 106 valence electrons. The Morgan fingerprint density at radius 3 is 2.68 bits per heavy atom. The van der Waals surface area contributed by atoms with Crippen LogP contribution in [-0.4, -0.2) is 35.3 Å². The molecule has 6 heteroatoms. The fourth-order valence-corrected chi connectivity index (χ4v) is 2.22. The molecule has 0 radical (unpaired) electrons. The maximum atomic E-state index is 11.8. The second-order valence-electron chi connectivity index (χ2n) is 5.60. The predicted molar refractivity (Wildman–Crippen MR) is 76.1 cm³/mol. The van der Waals surface area contributed by atoms with Gasteiger partial charge in [-0.2, -0.15) is 5.10 Å². The van der Waals surface area contributed by atoms with Crippen LogP contribution >= 0.6 is 0 Å². The number of rotatable bonds is 5. The van der Waals surface area contributed by atoms with E-state index in [9.17, 15) is 4.79 Å². The Kier molecular flexibility index (Phi) is 3.68. The SMILES string of the molecule is CC(C)c1nn(C)c(N(C)CC(=O)NC2CC2)c1N. The molecule has 0 unspecified atom stereocenters. The van der Waals surface area contributed by atoms with Gasteiger partial charge in [0.25, 0.3) is 0 Å². The fourth-order valence-electron chi connectivity index (χ4n) is 2.22. The highest BCUT2D eigenvalue weighted by Gasteiger charge is 2.25. The number of hydrogen-bond acceptors (Lipinski definition) is 4. The summed E-state index contributed by atoms with van der Waals surface area (Å²) >= 11 is 0. The van der Waals surface area contributed by atoms with Crippen LogP contribution in [0, 0.1) is 0 Å². The Bertz CT molecular complexity index is 476. The van der Waals surface area contributed by atoms with E-state index in [0.717, 1.165) is 24.4 Å². The van der Waals surface area contributed by atoms with Gasteiger partial charge in [0.2, 0.25) is 5.91 Å². The van der Waals surface area contributed by atoms with Gasteiger partial charge < -0.3 is 16.0 Å². The number of hydrogen-bond donors (Lipinski definition) is 2. The zero-order valence-electron chi connectivity index (χ0n) is 12.1. The second-order valence-corrected chi connectivity index (χ2v) is 5.60. The molecule has 1 aromatic rings. The van der Waals surface area contributed by atoms with Crippen LogP contribution in [-0.2, 0) is 11.8 Å². The molecule has 1 heterocycles. The van der Waals surface area contributed by atoms with Crippen LogP contribution in [0.15, 0.2) is 0 Å². The van der Waals surface area contributed by atoms with Crippen molar-refractivity contribution in [2.24, 2.45) is 7.05 Å². The molecule has 0 saturated heterocycles. The van der Waals surface area contributed by atoms with Crippen LogP contribution in [0.5, 0.6) is 0 Å². The van der Waals surface area contributed by atoms with Gasteiger partial charge in [-0.05, 0) is 18.8 Å². The lowest BCUT2D eigenvalue weighted by Gasteiger charge is -2.19. The van der Waals surface area contributed by atoms with Gasteiger partial charge in [-0.15, -0.1) is 0 Å². The average molecular weight is 265 g/mol. The number of nitrogen functional groups attached to an aromatic ring is 1. The van der Waals surface area contributed by atoms with Crippen molar-refractivity contribution < 1.29 is 4.79 Å². The first-order valence-corrected chi connectivity index (χ1v) is 6.73. The minimum atomic E-state index is 0.0386. The van der Waals surface area contributed by atoms with E-state index in [-0.39, 0.29) is 11.8 Å². The molecular weight excluding hydrogens is 242 g/mol. The highest BCUT2D eigenvalue weighted by Crippen LogP contribution is 2.29. The van der Waals surface area contributed by atoms with Crippen LogP contribution in [0.3, 0.4) is 0 Å². The van der Waals surface area contributed by atoms with Crippen molar-refractivity contribution in [1.29, 1.82) is 0 Å². The molecule has 6 nitrogen and oxygen atoms in total. The first kappa shape index (κ1) is 13.7. The van der Waals surface area contributed by atoms with Gasteiger partial charge in [0.1, 0.15) is 0 Å². The lowest BCUT2D eigenvalue weighted by molar-refractivity contribution is -0.119. The number of aryl methyl sites for hydroxylation is 1. The Morgan fingerprint density at radius 2 is 2.21 bits per heavy atom. The molecule has 1 fully saturated rings. The molecule has 0 aromatic carbocycles. The fraction of sp³-hybridized carbons (Fsp3) is 0.692. The number of carbonyl (C=O) groups excluding carboxylic acids is 1. The zero-order valence-corrected chi connectivity index (χ0v) is 12.1. The topological polar surface area (TPSA) is 76.2 Å². The van der Waals surface area contributed by atoms with Crippen molar-refractivity contribution in [2.75, 3.05) is 24.2 Å². The summed E-state index contributed by atoms with van der Waals surface area (Å²) in [6.45, 7) is 4.42. The summed E-state index contributed by atoms with van der Waals surface area (Å²) < 4.78 is 1.75. The maximum absolute atomic E-state index is 11.8. The van der Waals surface area contributed by atoms with Crippen molar-refractivity contribution in [1.82, 2.24) is 15.1 Å². The molecule has 19 heavy (non-hydrogen) atoms. The lowest BCUT2D eigenvalue weighted by Crippen LogP contribution is -2.37. The Labute approximate surface area is 113 Å². The number of anilines is 2. The summed E-state index contributed by atoms with van der Waals surface area (Å²) in [5.74, 6) is 1.11. The summed E-state index contributed by atoms with van der Waals surface area (Å²) in [5.41, 5.74) is 7.69. The molecule has 3 N–H and O–H groups in total. The molecule has 1 aliphatic carbocycles. The number of aromatic nitrogens is 2. The first-order valence-electron chi connectivity index (χ1n) is 6.73. The van der Waals surface area contributed by atoms with E-state index in [0.29, 0.717) is 18.3 Å². The van der Waals surface area contributed by atoms with E-state index in [1.807, 2.05) is 19.0 Å². The van der Waals surface area contributed by atoms with Gasteiger partial charge in [0, 0.05) is 20.1 Å². The molecule has 2 rings (SSSR count). The molecule has 1 aromatic heterocycles. The summed E-state index contributed by atoms with van der Waals surface area (Å²) in [5, 5.41) is 7.40. The molecule has 1 amide bonds. The van der Waals surface area contributed by atoms with Crippen molar-refractivity contribution in [3.05, 3.63) is 5.69 Å². The third kappa shape index (κ3) is 3.00. The highest BCUT2D eigenvalue weighted by atomic mass is 16.2. The molecule has 0 aliphatic heterocycles. The largest absolute Gasteiger partial charge is 0.394 e. The predicted octanol–water partition coefficient (Wildman–Crippen LogP) is 0.841. The quantitative estimate of drug-likeness (QED) is 0.827. The third-order valence-electron chi connectivity index (χ3n) is 3.31. The molecule has 0 bridgehead atoms. The number of carbonyl (C=O) groups is 1. The smallest absolute Gasteiger partial charge is 0.239 e. The van der Waals surface area contributed by atoms with Crippen LogP contribution in [0.4, 0.5) is 11.5 Å². The van der Waals surface area contributed by atoms with Gasteiger partial charge in [0.05, 0.1) is 17.9 Å². The van der Waals surface area contributed by atoms with Crippen LogP contribution in [0.2, 0.25) is 0 Å². The first-order chi connectivity index (χ1) is 8.90. The van der Waals surface area contributed by atoms with E-state index in [1.54, 1.807) is 4.68 Å². The van der Waals surface area contributed by atoms with Crippen molar-refractivity contribution in [3.63, 3.8) is 0 Å². The Balaban J connectivity index is 2.09. The maximum Gasteiger partial charge on any atom is 0.239 e. The van der Waals surface area contributed by atoms with Gasteiger partial charge in [-0.25, -0.2) is 0 Å². The summed E-state index contributed by atoms with van der Waals surface area (Å²) in [6, 6.07) is 0.385. The highest BCUT2D eigenvalue weighted by molar-refractivity contribution is 5.83.